The number of benzene rings is 2. The van der Waals surface area contributed by atoms with Gasteiger partial charge in [0.2, 0.25) is 11.8 Å². The van der Waals surface area contributed by atoms with Crippen molar-refractivity contribution in [2.45, 2.75) is 32.2 Å². The van der Waals surface area contributed by atoms with Crippen LogP contribution in [0, 0.1) is 6.92 Å². The zero-order valence-corrected chi connectivity index (χ0v) is 21.6. The summed E-state index contributed by atoms with van der Waals surface area (Å²) < 4.78 is 0. The molecule has 10 nitrogen and oxygen atoms in total. The molecule has 1 atom stereocenters. The predicted molar refractivity (Wildman–Crippen MR) is 148 cm³/mol. The van der Waals surface area contributed by atoms with Crippen molar-refractivity contribution >= 4 is 52.0 Å². The fraction of sp³-hybridized carbons (Fsp3) is 0.259. The van der Waals surface area contributed by atoms with Crippen molar-refractivity contribution in [2.75, 3.05) is 17.6 Å². The Hall–Kier alpha value is -4.25. The van der Waals surface area contributed by atoms with Gasteiger partial charge in [0, 0.05) is 30.3 Å². The van der Waals surface area contributed by atoms with Crippen LogP contribution in [0.15, 0.2) is 70.6 Å². The number of aromatic nitrogens is 2. The number of rotatable bonds is 9. The number of thioether (sulfide) groups is 1. The molecule has 194 valence electrons. The van der Waals surface area contributed by atoms with Crippen LogP contribution in [0.1, 0.15) is 29.7 Å². The van der Waals surface area contributed by atoms with Crippen LogP contribution in [0.2, 0.25) is 0 Å². The van der Waals surface area contributed by atoms with Gasteiger partial charge in [-0.15, -0.1) is 0 Å². The van der Waals surface area contributed by atoms with E-state index >= 15 is 0 Å². The van der Waals surface area contributed by atoms with E-state index in [1.807, 2.05) is 61.5 Å². The fourth-order valence-corrected chi connectivity index (χ4v) is 5.03. The first-order valence-electron chi connectivity index (χ1n) is 12.3. The van der Waals surface area contributed by atoms with E-state index in [-0.39, 0.29) is 36.3 Å². The average molecular weight is 530 g/mol. The van der Waals surface area contributed by atoms with Crippen LogP contribution in [0.4, 0.5) is 11.5 Å². The Labute approximate surface area is 224 Å². The molecule has 3 heterocycles. The van der Waals surface area contributed by atoms with Crippen LogP contribution >= 0.6 is 11.8 Å². The van der Waals surface area contributed by atoms with Gasteiger partial charge in [0.15, 0.2) is 11.0 Å². The quantitative estimate of drug-likeness (QED) is 0.392. The van der Waals surface area contributed by atoms with Crippen LogP contribution in [-0.4, -0.2) is 62.2 Å². The van der Waals surface area contributed by atoms with Gasteiger partial charge in [-0.1, -0.05) is 54.2 Å². The largest absolute Gasteiger partial charge is 0.356 e. The minimum atomic E-state index is -0.692. The monoisotopic (exact) mass is 529 g/mol. The number of anilines is 1. The number of aliphatic imine (C=N–C) groups is 2. The summed E-state index contributed by atoms with van der Waals surface area (Å²) in [7, 11) is 0. The third-order valence-corrected chi connectivity index (χ3v) is 7.02. The van der Waals surface area contributed by atoms with Crippen LogP contribution < -0.4 is 10.6 Å². The van der Waals surface area contributed by atoms with Gasteiger partial charge in [0.05, 0.1) is 11.4 Å². The van der Waals surface area contributed by atoms with Gasteiger partial charge >= 0.3 is 0 Å². The number of hydrogen-bond donors (Lipinski definition) is 3. The van der Waals surface area contributed by atoms with Gasteiger partial charge in [0.1, 0.15) is 11.9 Å². The highest BCUT2D eigenvalue weighted by molar-refractivity contribution is 8.14. The summed E-state index contributed by atoms with van der Waals surface area (Å²) >= 11 is 1.16. The first kappa shape index (κ1) is 25.4. The number of fused-ring (bicyclic) bond motifs is 3. The number of aryl methyl sites for hydroxylation is 1. The molecule has 3 N–H and O–H groups in total. The molecule has 11 heteroatoms. The van der Waals surface area contributed by atoms with Crippen LogP contribution in [0.5, 0.6) is 0 Å². The summed E-state index contributed by atoms with van der Waals surface area (Å²) in [5.41, 5.74) is 3.41. The van der Waals surface area contributed by atoms with Crippen LogP contribution in [-0.2, 0) is 20.8 Å². The summed E-state index contributed by atoms with van der Waals surface area (Å²) in [4.78, 5) is 49.1. The molecule has 0 bridgehead atoms. The Morgan fingerprint density at radius 2 is 1.87 bits per heavy atom. The second-order valence-corrected chi connectivity index (χ2v) is 9.89. The molecule has 0 radical (unpaired) electrons. The molecule has 0 saturated carbocycles. The summed E-state index contributed by atoms with van der Waals surface area (Å²) in [6.45, 7) is 2.37. The summed E-state index contributed by atoms with van der Waals surface area (Å²) in [5.74, 6) is 0.343. The van der Waals surface area contributed by atoms with Crippen molar-refractivity contribution in [3.8, 4) is 0 Å². The van der Waals surface area contributed by atoms with Gasteiger partial charge in [-0.25, -0.2) is 9.89 Å². The first-order chi connectivity index (χ1) is 18.5. The van der Waals surface area contributed by atoms with Gasteiger partial charge in [0.25, 0.3) is 5.91 Å². The Morgan fingerprint density at radius 3 is 2.66 bits per heavy atom. The second kappa shape index (κ2) is 11.4. The van der Waals surface area contributed by atoms with E-state index in [2.05, 4.69) is 30.8 Å². The lowest BCUT2D eigenvalue weighted by molar-refractivity contribution is -0.125. The minimum Gasteiger partial charge on any atom is -0.356 e. The average Bonchev–Trinajstić information content (AvgIpc) is 3.49. The van der Waals surface area contributed by atoms with Crippen molar-refractivity contribution < 1.29 is 14.4 Å². The molecular weight excluding hydrogens is 502 g/mol. The van der Waals surface area contributed by atoms with E-state index in [9.17, 15) is 14.4 Å². The van der Waals surface area contributed by atoms with Gasteiger partial charge < -0.3 is 10.6 Å². The van der Waals surface area contributed by atoms with E-state index in [0.29, 0.717) is 29.1 Å². The van der Waals surface area contributed by atoms with E-state index in [1.165, 1.54) is 4.90 Å². The molecule has 0 saturated heterocycles. The number of aromatic amines is 1. The molecule has 0 spiro atoms. The smallest absolute Gasteiger partial charge is 0.259 e. The van der Waals surface area contributed by atoms with Crippen LogP contribution in [0.3, 0.4) is 0 Å². The number of amides is 3. The zero-order chi connectivity index (χ0) is 26.5. The van der Waals surface area contributed by atoms with Crippen molar-refractivity contribution in [2.24, 2.45) is 9.98 Å². The molecule has 2 aliphatic heterocycles. The fourth-order valence-electron chi connectivity index (χ4n) is 4.23. The lowest BCUT2D eigenvalue weighted by Crippen LogP contribution is -2.41. The van der Waals surface area contributed by atoms with Crippen LogP contribution in [0.25, 0.3) is 0 Å². The second-order valence-electron chi connectivity index (χ2n) is 8.95. The number of H-pyrrole nitrogens is 1. The number of nitrogens with one attached hydrogen (secondary N) is 3. The van der Waals surface area contributed by atoms with E-state index in [1.54, 1.807) is 6.07 Å². The zero-order valence-electron chi connectivity index (χ0n) is 20.8. The SMILES string of the molecule is Cc1cc(NC(=O)CSC2=Nc3ccccc3C3=N[C@H](CCC(=O)NCCc4ccccc4)C(=O)N23)n[nH]1. The number of nitrogens with zero attached hydrogens (tertiary/aromatic N) is 4. The summed E-state index contributed by atoms with van der Waals surface area (Å²) in [6.07, 6.45) is 1.21. The molecule has 0 aliphatic carbocycles. The van der Waals surface area contributed by atoms with E-state index in [0.717, 1.165) is 35.0 Å². The number of carbonyl (C=O) groups is 3. The molecule has 38 heavy (non-hydrogen) atoms. The normalized spacial score (nSPS) is 15.9. The standard InChI is InChI=1S/C27H27N7O3S/c1-17-15-22(33-32-17)31-24(36)16-38-27-30-20-10-6-5-9-19(20)25-29-21(26(37)34(25)27)11-12-23(35)28-14-13-18-7-3-2-4-8-18/h2-10,15,21H,11-14,16H2,1H3,(H,28,35)(H2,31,32,33,36)/t21-/m1/s1. The first-order valence-corrected chi connectivity index (χ1v) is 13.3. The highest BCUT2D eigenvalue weighted by Crippen LogP contribution is 2.34. The topological polar surface area (TPSA) is 132 Å². The molecule has 0 fully saturated rings. The Bertz CT molecular complexity index is 1420. The van der Waals surface area contributed by atoms with Crippen molar-refractivity contribution in [3.63, 3.8) is 0 Å². The molecule has 5 rings (SSSR count). The lowest BCUT2D eigenvalue weighted by Gasteiger charge is -2.25. The third kappa shape index (κ3) is 5.83. The predicted octanol–water partition coefficient (Wildman–Crippen LogP) is 3.19. The molecule has 0 unspecified atom stereocenters. The maximum absolute atomic E-state index is 13.4. The molecular formula is C27H27N7O3S. The lowest BCUT2D eigenvalue weighted by atomic mass is 10.1. The maximum atomic E-state index is 13.4. The minimum absolute atomic E-state index is 0.0401. The van der Waals surface area contributed by atoms with Gasteiger partial charge in [-0.2, -0.15) is 5.10 Å². The molecule has 2 aliphatic rings. The van der Waals surface area contributed by atoms with E-state index in [4.69, 9.17) is 0 Å². The van der Waals surface area contributed by atoms with Crippen molar-refractivity contribution in [1.82, 2.24) is 20.4 Å². The Kier molecular flexibility index (Phi) is 7.64. The highest BCUT2D eigenvalue weighted by Gasteiger charge is 2.41. The number of para-hydroxylation sites is 1. The summed E-state index contributed by atoms with van der Waals surface area (Å²) in [6, 6.07) is 18.4. The van der Waals surface area contributed by atoms with Crippen molar-refractivity contribution in [1.29, 1.82) is 0 Å². The Balaban J connectivity index is 1.21. The van der Waals surface area contributed by atoms with E-state index < -0.39 is 6.04 Å². The van der Waals surface area contributed by atoms with Gasteiger partial charge in [-0.3, -0.25) is 24.5 Å². The number of amidine groups is 2. The molecule has 3 amide bonds. The maximum Gasteiger partial charge on any atom is 0.259 e. The molecule has 3 aromatic rings. The highest BCUT2D eigenvalue weighted by atomic mass is 32.2. The number of hydrogen-bond acceptors (Lipinski definition) is 7. The Morgan fingerprint density at radius 1 is 1.08 bits per heavy atom. The number of carbonyl (C=O) groups excluding carboxylic acids is 3. The summed E-state index contributed by atoms with van der Waals surface area (Å²) in [5, 5.41) is 12.8. The molecule has 1 aromatic heterocycles. The van der Waals surface area contributed by atoms with Crippen molar-refractivity contribution in [3.05, 3.63) is 77.5 Å². The molecule has 2 aromatic carbocycles. The van der Waals surface area contributed by atoms with Gasteiger partial charge in [-0.05, 0) is 37.5 Å². The third-order valence-electron chi connectivity index (χ3n) is 6.08.